The lowest BCUT2D eigenvalue weighted by molar-refractivity contribution is 0.507. The van der Waals surface area contributed by atoms with Crippen molar-refractivity contribution in [3.05, 3.63) is 35.9 Å². The second kappa shape index (κ2) is 6.86. The first kappa shape index (κ1) is 12.5. The summed E-state index contributed by atoms with van der Waals surface area (Å²) in [5, 5.41) is 3.63. The Balaban J connectivity index is 0.00000112. The lowest BCUT2D eigenvalue weighted by Gasteiger charge is -2.15. The number of rotatable bonds is 2. The summed E-state index contributed by atoms with van der Waals surface area (Å²) in [5.41, 5.74) is 1.46. The Labute approximate surface area is 98.7 Å². The van der Waals surface area contributed by atoms with Crippen molar-refractivity contribution in [1.82, 2.24) is 5.32 Å². The van der Waals surface area contributed by atoms with Gasteiger partial charge in [-0.1, -0.05) is 43.2 Å². The molecule has 0 saturated carbocycles. The van der Waals surface area contributed by atoms with Crippen molar-refractivity contribution in [3.63, 3.8) is 0 Å². The number of halogens is 1. The average Bonchev–Trinajstić information content (AvgIpc) is 2.48. The van der Waals surface area contributed by atoms with E-state index in [1.165, 1.54) is 44.2 Å². The molecule has 1 fully saturated rings. The molecule has 1 aliphatic rings. The maximum absolute atomic E-state index is 3.63. The van der Waals surface area contributed by atoms with Gasteiger partial charge >= 0.3 is 0 Å². The Morgan fingerprint density at radius 2 is 1.87 bits per heavy atom. The quantitative estimate of drug-likeness (QED) is 0.815. The molecule has 84 valence electrons. The first-order valence-corrected chi connectivity index (χ1v) is 5.72. The second-order valence-electron chi connectivity index (χ2n) is 4.19. The standard InChI is InChI=1S/C13H19N.ClH/c1-3-7-12(8-4-1)11-13-9-5-2-6-10-14-13;/h1,3-4,7-8,13-14H,2,5-6,9-11H2;1H. The minimum Gasteiger partial charge on any atom is -0.314 e. The highest BCUT2D eigenvalue weighted by molar-refractivity contribution is 5.85. The van der Waals surface area contributed by atoms with E-state index in [9.17, 15) is 0 Å². The molecule has 1 N–H and O–H groups in total. The molecule has 0 aromatic heterocycles. The first-order chi connectivity index (χ1) is 6.95. The predicted molar refractivity (Wildman–Crippen MR) is 67.7 cm³/mol. The third-order valence-corrected chi connectivity index (χ3v) is 2.99. The molecule has 1 saturated heterocycles. The van der Waals surface area contributed by atoms with Gasteiger partial charge in [-0.25, -0.2) is 0 Å². The molecule has 0 aliphatic carbocycles. The van der Waals surface area contributed by atoms with Crippen molar-refractivity contribution in [2.75, 3.05) is 6.54 Å². The van der Waals surface area contributed by atoms with Crippen LogP contribution in [0.25, 0.3) is 0 Å². The van der Waals surface area contributed by atoms with Gasteiger partial charge in [-0.05, 0) is 31.4 Å². The van der Waals surface area contributed by atoms with Crippen molar-refractivity contribution in [1.29, 1.82) is 0 Å². The molecule has 2 rings (SSSR count). The SMILES string of the molecule is Cl.c1ccc(CC2CCCCCN2)cc1. The van der Waals surface area contributed by atoms with Gasteiger partial charge in [-0.15, -0.1) is 12.4 Å². The highest BCUT2D eigenvalue weighted by Gasteiger charge is 2.11. The summed E-state index contributed by atoms with van der Waals surface area (Å²) in [6, 6.07) is 11.5. The zero-order chi connectivity index (χ0) is 9.64. The van der Waals surface area contributed by atoms with Crippen LogP contribution < -0.4 is 5.32 Å². The van der Waals surface area contributed by atoms with Gasteiger partial charge in [0.1, 0.15) is 0 Å². The molecule has 1 heterocycles. The van der Waals surface area contributed by atoms with E-state index in [1.807, 2.05) is 0 Å². The summed E-state index contributed by atoms with van der Waals surface area (Å²) >= 11 is 0. The first-order valence-electron chi connectivity index (χ1n) is 5.72. The summed E-state index contributed by atoms with van der Waals surface area (Å²) in [5.74, 6) is 0. The zero-order valence-electron chi connectivity index (χ0n) is 9.11. The van der Waals surface area contributed by atoms with Gasteiger partial charge < -0.3 is 5.32 Å². The topological polar surface area (TPSA) is 12.0 Å². The number of hydrogen-bond donors (Lipinski definition) is 1. The van der Waals surface area contributed by atoms with Gasteiger partial charge in [0.25, 0.3) is 0 Å². The Morgan fingerprint density at radius 3 is 2.67 bits per heavy atom. The lowest BCUT2D eigenvalue weighted by Crippen LogP contribution is -2.30. The summed E-state index contributed by atoms with van der Waals surface area (Å²) in [6.45, 7) is 1.21. The maximum Gasteiger partial charge on any atom is 0.0107 e. The molecule has 15 heavy (non-hydrogen) atoms. The molecule has 0 radical (unpaired) electrons. The Bertz CT molecular complexity index is 252. The van der Waals surface area contributed by atoms with Crippen molar-refractivity contribution in [2.45, 2.75) is 38.1 Å². The smallest absolute Gasteiger partial charge is 0.0107 e. The zero-order valence-corrected chi connectivity index (χ0v) is 9.93. The highest BCUT2D eigenvalue weighted by atomic mass is 35.5. The fourth-order valence-corrected chi connectivity index (χ4v) is 2.17. The molecule has 2 heteroatoms. The van der Waals surface area contributed by atoms with Crippen LogP contribution in [0.2, 0.25) is 0 Å². The van der Waals surface area contributed by atoms with E-state index in [-0.39, 0.29) is 12.4 Å². The fraction of sp³-hybridized carbons (Fsp3) is 0.538. The Hall–Kier alpha value is -0.530. The average molecular weight is 226 g/mol. The molecule has 1 atom stereocenters. The number of hydrogen-bond acceptors (Lipinski definition) is 1. The van der Waals surface area contributed by atoms with Crippen LogP contribution in [-0.4, -0.2) is 12.6 Å². The normalized spacial score (nSPS) is 21.5. The van der Waals surface area contributed by atoms with Gasteiger partial charge in [0.05, 0.1) is 0 Å². The van der Waals surface area contributed by atoms with Crippen molar-refractivity contribution in [2.24, 2.45) is 0 Å². The van der Waals surface area contributed by atoms with E-state index < -0.39 is 0 Å². The van der Waals surface area contributed by atoms with Crippen LogP contribution >= 0.6 is 12.4 Å². The summed E-state index contributed by atoms with van der Waals surface area (Å²) in [7, 11) is 0. The number of nitrogens with one attached hydrogen (secondary N) is 1. The van der Waals surface area contributed by atoms with Gasteiger partial charge in [0.15, 0.2) is 0 Å². The van der Waals surface area contributed by atoms with Gasteiger partial charge in [0, 0.05) is 6.04 Å². The van der Waals surface area contributed by atoms with Gasteiger partial charge in [0.2, 0.25) is 0 Å². The Morgan fingerprint density at radius 1 is 1.07 bits per heavy atom. The third kappa shape index (κ3) is 4.23. The highest BCUT2D eigenvalue weighted by Crippen LogP contribution is 2.12. The van der Waals surface area contributed by atoms with Crippen LogP contribution in [0, 0.1) is 0 Å². The minimum atomic E-state index is 0. The molecule has 0 spiro atoms. The van der Waals surface area contributed by atoms with E-state index in [4.69, 9.17) is 0 Å². The predicted octanol–water partition coefficient (Wildman–Crippen LogP) is 3.18. The maximum atomic E-state index is 3.63. The summed E-state index contributed by atoms with van der Waals surface area (Å²) in [4.78, 5) is 0. The van der Waals surface area contributed by atoms with E-state index in [0.29, 0.717) is 6.04 Å². The van der Waals surface area contributed by atoms with E-state index in [2.05, 4.69) is 35.6 Å². The molecule has 1 aliphatic heterocycles. The molecular weight excluding hydrogens is 206 g/mol. The van der Waals surface area contributed by atoms with Crippen LogP contribution in [0.3, 0.4) is 0 Å². The molecular formula is C13H20ClN. The fourth-order valence-electron chi connectivity index (χ4n) is 2.17. The van der Waals surface area contributed by atoms with Crippen LogP contribution in [0.5, 0.6) is 0 Å². The second-order valence-corrected chi connectivity index (χ2v) is 4.19. The van der Waals surface area contributed by atoms with Crippen molar-refractivity contribution >= 4 is 12.4 Å². The molecule has 1 nitrogen and oxygen atoms in total. The third-order valence-electron chi connectivity index (χ3n) is 2.99. The molecule has 0 bridgehead atoms. The van der Waals surface area contributed by atoms with E-state index in [1.54, 1.807) is 0 Å². The largest absolute Gasteiger partial charge is 0.314 e. The molecule has 1 aromatic carbocycles. The van der Waals surface area contributed by atoms with E-state index in [0.717, 1.165) is 0 Å². The molecule has 1 aromatic rings. The van der Waals surface area contributed by atoms with Gasteiger partial charge in [-0.2, -0.15) is 0 Å². The monoisotopic (exact) mass is 225 g/mol. The Kier molecular flexibility index (Phi) is 5.74. The van der Waals surface area contributed by atoms with Crippen LogP contribution in [-0.2, 0) is 6.42 Å². The summed E-state index contributed by atoms with van der Waals surface area (Å²) < 4.78 is 0. The van der Waals surface area contributed by atoms with Crippen LogP contribution in [0.15, 0.2) is 30.3 Å². The minimum absolute atomic E-state index is 0. The van der Waals surface area contributed by atoms with Crippen molar-refractivity contribution < 1.29 is 0 Å². The van der Waals surface area contributed by atoms with Crippen LogP contribution in [0.1, 0.15) is 31.2 Å². The molecule has 1 unspecified atom stereocenters. The van der Waals surface area contributed by atoms with Crippen LogP contribution in [0.4, 0.5) is 0 Å². The number of benzene rings is 1. The summed E-state index contributed by atoms with van der Waals surface area (Å²) in [6.07, 6.45) is 6.68. The van der Waals surface area contributed by atoms with Crippen molar-refractivity contribution in [3.8, 4) is 0 Å². The lowest BCUT2D eigenvalue weighted by atomic mass is 10.0. The molecule has 0 amide bonds. The van der Waals surface area contributed by atoms with Gasteiger partial charge in [-0.3, -0.25) is 0 Å². The van der Waals surface area contributed by atoms with E-state index >= 15 is 0 Å².